The maximum atomic E-state index is 13.2. The average molecular weight is 548 g/mol. The van der Waals surface area contributed by atoms with Crippen LogP contribution in [0.25, 0.3) is 11.3 Å². The number of carboxylic acids is 2. The minimum atomic E-state index is -4.34. The molecule has 0 bridgehead atoms. The molecule has 4 rings (SSSR count). The summed E-state index contributed by atoms with van der Waals surface area (Å²) in [7, 11) is 2.04. The molecule has 0 aliphatic carbocycles. The highest BCUT2D eigenvalue weighted by Gasteiger charge is 2.32. The Morgan fingerprint density at radius 1 is 0.974 bits per heavy atom. The van der Waals surface area contributed by atoms with Crippen molar-refractivity contribution in [2.75, 3.05) is 13.6 Å². The first-order valence-corrected chi connectivity index (χ1v) is 11.9. The zero-order valence-electron chi connectivity index (χ0n) is 21.1. The molecule has 3 aromatic rings. The molecule has 0 amide bonds. The molecule has 12 heteroatoms. The standard InChI is InChI=1S/C23H22F3N3.C4H6O6/c1-15-6-9-22(28-27-15)17-7-8-20-18(12-17)14-29(2)11-10-21(20)16-4-3-5-19(13-16)23(24,25)26;5-1(3(7)8)2(6)4(9)10/h3-9,12-13,21H,10-11,14H2,1-2H3;1-2,5-6H,(H,7,8)(H,9,10). The van der Waals surface area contributed by atoms with Gasteiger partial charge in [-0.2, -0.15) is 23.4 Å². The van der Waals surface area contributed by atoms with Gasteiger partial charge >= 0.3 is 18.1 Å². The number of fused-ring (bicyclic) bond motifs is 1. The number of nitrogens with zero attached hydrogens (tertiary/aromatic N) is 3. The van der Waals surface area contributed by atoms with Crippen LogP contribution < -0.4 is 0 Å². The van der Waals surface area contributed by atoms with E-state index in [4.69, 9.17) is 20.4 Å². The van der Waals surface area contributed by atoms with Crippen LogP contribution in [0.1, 0.15) is 40.3 Å². The zero-order valence-corrected chi connectivity index (χ0v) is 21.1. The summed E-state index contributed by atoms with van der Waals surface area (Å²) in [6.07, 6.45) is -8.10. The highest BCUT2D eigenvalue weighted by Crippen LogP contribution is 2.38. The molecule has 0 fully saturated rings. The quantitative estimate of drug-likeness (QED) is 0.378. The Balaban J connectivity index is 0.000000360. The third kappa shape index (κ3) is 7.59. The molecule has 1 aromatic heterocycles. The largest absolute Gasteiger partial charge is 0.479 e. The van der Waals surface area contributed by atoms with Crippen LogP contribution in [0.3, 0.4) is 0 Å². The predicted molar refractivity (Wildman–Crippen MR) is 134 cm³/mol. The van der Waals surface area contributed by atoms with E-state index in [2.05, 4.69) is 21.2 Å². The Hall–Kier alpha value is -3.87. The number of benzene rings is 2. The van der Waals surface area contributed by atoms with Crippen LogP contribution in [0.15, 0.2) is 54.6 Å². The van der Waals surface area contributed by atoms with E-state index in [0.717, 1.165) is 53.7 Å². The summed E-state index contributed by atoms with van der Waals surface area (Å²) in [6, 6.07) is 15.7. The van der Waals surface area contributed by atoms with Crippen molar-refractivity contribution in [3.05, 3.63) is 82.5 Å². The van der Waals surface area contributed by atoms with Gasteiger partial charge in [0.15, 0.2) is 12.2 Å². The fraction of sp³-hybridized carbons (Fsp3) is 0.333. The number of aryl methyl sites for hydroxylation is 1. The molecule has 208 valence electrons. The van der Waals surface area contributed by atoms with Crippen LogP contribution in [0.4, 0.5) is 13.2 Å². The van der Waals surface area contributed by atoms with Crippen LogP contribution in [0, 0.1) is 6.92 Å². The van der Waals surface area contributed by atoms with Gasteiger partial charge in [0.25, 0.3) is 0 Å². The number of halogens is 3. The molecular weight excluding hydrogens is 519 g/mol. The summed E-state index contributed by atoms with van der Waals surface area (Å²) in [5, 5.41) is 40.9. The normalized spacial score (nSPS) is 17.2. The Morgan fingerprint density at radius 3 is 2.21 bits per heavy atom. The maximum absolute atomic E-state index is 13.2. The van der Waals surface area contributed by atoms with Crippen molar-refractivity contribution in [3.63, 3.8) is 0 Å². The lowest BCUT2D eigenvalue weighted by Crippen LogP contribution is -2.39. The highest BCUT2D eigenvalue weighted by atomic mass is 19.4. The van der Waals surface area contributed by atoms with E-state index in [0.29, 0.717) is 5.56 Å². The van der Waals surface area contributed by atoms with Crippen LogP contribution >= 0.6 is 0 Å². The SMILES string of the molecule is Cc1ccc(-c2ccc3c(c2)CN(C)CCC3c2cccc(C(F)(F)F)c2)nn1.O=C(O)C(O)C(O)C(=O)O. The lowest BCUT2D eigenvalue weighted by molar-refractivity contribution is -0.165. The molecule has 2 aromatic carbocycles. The molecular formula is C27H28F3N3O6. The number of aliphatic hydroxyl groups excluding tert-OH is 2. The minimum absolute atomic E-state index is 0.0737. The number of alkyl halides is 3. The molecule has 3 atom stereocenters. The Labute approximate surface area is 222 Å². The van der Waals surface area contributed by atoms with Crippen LogP contribution in [0.2, 0.25) is 0 Å². The van der Waals surface area contributed by atoms with Gasteiger partial charge in [-0.25, -0.2) is 9.59 Å². The number of hydrogen-bond donors (Lipinski definition) is 4. The van der Waals surface area contributed by atoms with Gasteiger partial charge in [0.2, 0.25) is 0 Å². The monoisotopic (exact) mass is 547 g/mol. The van der Waals surface area contributed by atoms with Gasteiger partial charge in [-0.3, -0.25) is 0 Å². The van der Waals surface area contributed by atoms with E-state index in [1.807, 2.05) is 38.2 Å². The molecule has 0 spiro atoms. The Kier molecular flexibility index (Phi) is 9.38. The van der Waals surface area contributed by atoms with Gasteiger partial charge in [0.1, 0.15) is 0 Å². The third-order valence-electron chi connectivity index (χ3n) is 6.27. The number of carbonyl (C=O) groups is 2. The molecule has 1 aliphatic rings. The second kappa shape index (κ2) is 12.3. The summed E-state index contributed by atoms with van der Waals surface area (Å²) in [6.45, 7) is 3.45. The van der Waals surface area contributed by atoms with Crippen molar-refractivity contribution in [1.82, 2.24) is 15.1 Å². The molecule has 2 heterocycles. The number of rotatable bonds is 5. The second-order valence-electron chi connectivity index (χ2n) is 9.24. The number of aliphatic carboxylic acids is 2. The van der Waals surface area contributed by atoms with Crippen molar-refractivity contribution in [2.45, 2.75) is 44.2 Å². The highest BCUT2D eigenvalue weighted by molar-refractivity contribution is 5.83. The molecule has 0 radical (unpaired) electrons. The van der Waals surface area contributed by atoms with Crippen molar-refractivity contribution >= 4 is 11.9 Å². The van der Waals surface area contributed by atoms with Crippen LogP contribution in [-0.4, -0.2) is 73.3 Å². The lowest BCUT2D eigenvalue weighted by Gasteiger charge is -2.20. The van der Waals surface area contributed by atoms with Crippen molar-refractivity contribution in [1.29, 1.82) is 0 Å². The molecule has 0 saturated heterocycles. The van der Waals surface area contributed by atoms with Gasteiger partial charge < -0.3 is 25.3 Å². The maximum Gasteiger partial charge on any atom is 0.416 e. The van der Waals surface area contributed by atoms with Crippen LogP contribution in [0.5, 0.6) is 0 Å². The number of carboxylic acid groups (broad SMARTS) is 2. The predicted octanol–water partition coefficient (Wildman–Crippen LogP) is 3.32. The topological polar surface area (TPSA) is 144 Å². The first-order valence-electron chi connectivity index (χ1n) is 11.9. The average Bonchev–Trinajstić information content (AvgIpc) is 3.05. The first-order chi connectivity index (χ1) is 18.3. The van der Waals surface area contributed by atoms with Crippen molar-refractivity contribution in [2.24, 2.45) is 0 Å². The van der Waals surface area contributed by atoms with E-state index in [1.165, 1.54) is 12.1 Å². The molecule has 4 N–H and O–H groups in total. The molecule has 1 aliphatic heterocycles. The van der Waals surface area contributed by atoms with Gasteiger partial charge in [-0.15, -0.1) is 0 Å². The van der Waals surface area contributed by atoms with E-state index in [1.54, 1.807) is 6.07 Å². The summed E-state index contributed by atoms with van der Waals surface area (Å²) < 4.78 is 39.7. The van der Waals surface area contributed by atoms with E-state index >= 15 is 0 Å². The van der Waals surface area contributed by atoms with E-state index < -0.39 is 35.9 Å². The molecule has 39 heavy (non-hydrogen) atoms. The Morgan fingerprint density at radius 2 is 1.64 bits per heavy atom. The summed E-state index contributed by atoms with van der Waals surface area (Å²) in [4.78, 5) is 21.7. The molecule has 9 nitrogen and oxygen atoms in total. The van der Waals surface area contributed by atoms with Gasteiger partial charge in [0.05, 0.1) is 17.0 Å². The smallest absolute Gasteiger partial charge is 0.416 e. The van der Waals surface area contributed by atoms with Gasteiger partial charge in [-0.1, -0.05) is 30.3 Å². The van der Waals surface area contributed by atoms with Crippen molar-refractivity contribution < 1.29 is 43.2 Å². The summed E-state index contributed by atoms with van der Waals surface area (Å²) in [5.41, 5.74) is 4.92. The Bertz CT molecular complexity index is 1300. The number of hydrogen-bond acceptors (Lipinski definition) is 7. The minimum Gasteiger partial charge on any atom is -0.479 e. The number of aromatic nitrogens is 2. The molecule has 0 saturated carbocycles. The molecule has 3 unspecified atom stereocenters. The van der Waals surface area contributed by atoms with Crippen LogP contribution in [-0.2, 0) is 22.3 Å². The third-order valence-corrected chi connectivity index (χ3v) is 6.27. The van der Waals surface area contributed by atoms with E-state index in [9.17, 15) is 22.8 Å². The second-order valence-corrected chi connectivity index (χ2v) is 9.24. The van der Waals surface area contributed by atoms with Gasteiger partial charge in [-0.05, 0) is 67.9 Å². The first kappa shape index (κ1) is 29.7. The summed E-state index contributed by atoms with van der Waals surface area (Å²) >= 11 is 0. The fourth-order valence-corrected chi connectivity index (χ4v) is 4.22. The zero-order chi connectivity index (χ0) is 28.9. The lowest BCUT2D eigenvalue weighted by atomic mass is 9.85. The fourth-order valence-electron chi connectivity index (χ4n) is 4.22. The van der Waals surface area contributed by atoms with Crippen molar-refractivity contribution in [3.8, 4) is 11.3 Å². The summed E-state index contributed by atoms with van der Waals surface area (Å²) in [5.74, 6) is -3.61. The van der Waals surface area contributed by atoms with Gasteiger partial charge in [0, 0.05) is 18.0 Å². The van der Waals surface area contributed by atoms with E-state index in [-0.39, 0.29) is 5.92 Å². The number of aliphatic hydroxyl groups is 2.